The molecule has 0 saturated heterocycles. The van der Waals surface area contributed by atoms with Crippen LogP contribution in [0.25, 0.3) is 0 Å². The first-order valence-corrected chi connectivity index (χ1v) is 9.16. The molecule has 1 aromatic rings. The van der Waals surface area contributed by atoms with Crippen LogP contribution in [0.4, 0.5) is 0 Å². The van der Waals surface area contributed by atoms with Gasteiger partial charge in [0.15, 0.2) is 5.41 Å². The predicted octanol–water partition coefficient (Wildman–Crippen LogP) is 3.44. The van der Waals surface area contributed by atoms with Crippen LogP contribution in [0, 0.1) is 45.3 Å². The zero-order valence-corrected chi connectivity index (χ0v) is 16.0. The Balaban J connectivity index is 2.28. The van der Waals surface area contributed by atoms with Crippen LogP contribution in [0.3, 0.4) is 0 Å². The molecule has 2 aliphatic carbocycles. The van der Waals surface area contributed by atoms with E-state index in [2.05, 4.69) is 18.2 Å². The highest BCUT2D eigenvalue weighted by atomic mass is 16.5. The average molecular weight is 374 g/mol. The molecule has 0 spiro atoms. The number of hydrogen-bond donors (Lipinski definition) is 1. The molecule has 142 valence electrons. The van der Waals surface area contributed by atoms with Gasteiger partial charge in [-0.15, -0.1) is 0 Å². The minimum absolute atomic E-state index is 0.0542. The summed E-state index contributed by atoms with van der Waals surface area (Å²) >= 11 is 0. The predicted molar refractivity (Wildman–Crippen MR) is 102 cm³/mol. The minimum Gasteiger partial charge on any atom is -0.496 e. The summed E-state index contributed by atoms with van der Waals surface area (Å²) in [6.07, 6.45) is 4.63. The van der Waals surface area contributed by atoms with Crippen LogP contribution in [0.15, 0.2) is 41.1 Å². The van der Waals surface area contributed by atoms with Gasteiger partial charge in [-0.05, 0) is 48.4 Å². The number of hydrogen-bond acceptors (Lipinski definition) is 6. The molecule has 0 aromatic heterocycles. The molecule has 6 nitrogen and oxygen atoms in total. The van der Waals surface area contributed by atoms with Gasteiger partial charge in [-0.1, -0.05) is 12.1 Å². The summed E-state index contributed by atoms with van der Waals surface area (Å²) in [6, 6.07) is 12.1. The highest BCUT2D eigenvalue weighted by Crippen LogP contribution is 2.56. The molecule has 0 heterocycles. The standard InChI is InChI=1S/C22H22N4O2/c1-27-11-15-9-14(7-8-19(15)28-2)20-17-6-4-3-5-16(17)18(10-23)21(26)22(20,12-24)13-25/h5,7-9,17,20H,3-4,6,11,26H2,1-2H3/t17-,20+/m0/s1. The average Bonchev–Trinajstić information content (AvgIpc) is 2.73. The Hall–Kier alpha value is -3.27. The van der Waals surface area contributed by atoms with Gasteiger partial charge in [-0.25, -0.2) is 0 Å². The van der Waals surface area contributed by atoms with E-state index >= 15 is 0 Å². The van der Waals surface area contributed by atoms with E-state index in [0.29, 0.717) is 12.4 Å². The molecule has 2 aliphatic rings. The number of ether oxygens (including phenoxy) is 2. The fraction of sp³-hybridized carbons (Fsp3) is 0.409. The molecule has 0 unspecified atom stereocenters. The van der Waals surface area contributed by atoms with E-state index < -0.39 is 11.3 Å². The van der Waals surface area contributed by atoms with Gasteiger partial charge < -0.3 is 15.2 Å². The Bertz CT molecular complexity index is 958. The van der Waals surface area contributed by atoms with E-state index in [1.165, 1.54) is 0 Å². The van der Waals surface area contributed by atoms with Gasteiger partial charge in [0.05, 0.1) is 37.1 Å². The molecule has 3 rings (SSSR count). The molecule has 0 radical (unpaired) electrons. The van der Waals surface area contributed by atoms with Crippen LogP contribution in [-0.4, -0.2) is 14.2 Å². The fourth-order valence-electron chi connectivity index (χ4n) is 4.51. The van der Waals surface area contributed by atoms with E-state index in [1.807, 2.05) is 24.3 Å². The summed E-state index contributed by atoms with van der Waals surface area (Å²) in [5.74, 6) is 0.105. The number of nitriles is 3. The van der Waals surface area contributed by atoms with Crippen molar-refractivity contribution in [2.24, 2.45) is 17.1 Å². The second-order valence-electron chi connectivity index (χ2n) is 7.11. The van der Waals surface area contributed by atoms with Crippen molar-refractivity contribution < 1.29 is 9.47 Å². The van der Waals surface area contributed by atoms with Crippen molar-refractivity contribution >= 4 is 0 Å². The molecule has 0 bridgehead atoms. The zero-order valence-electron chi connectivity index (χ0n) is 16.0. The van der Waals surface area contributed by atoms with Gasteiger partial charge in [-0.2, -0.15) is 15.8 Å². The molecule has 0 amide bonds. The van der Waals surface area contributed by atoms with Crippen molar-refractivity contribution in [2.45, 2.75) is 31.8 Å². The van der Waals surface area contributed by atoms with Gasteiger partial charge >= 0.3 is 0 Å². The van der Waals surface area contributed by atoms with Crippen molar-refractivity contribution in [3.8, 4) is 24.0 Å². The second-order valence-corrected chi connectivity index (χ2v) is 7.11. The van der Waals surface area contributed by atoms with Crippen molar-refractivity contribution in [3.63, 3.8) is 0 Å². The highest BCUT2D eigenvalue weighted by Gasteiger charge is 2.53. The first-order valence-electron chi connectivity index (χ1n) is 9.16. The summed E-state index contributed by atoms with van der Waals surface area (Å²) < 4.78 is 10.7. The Morgan fingerprint density at radius 1 is 1.21 bits per heavy atom. The summed E-state index contributed by atoms with van der Waals surface area (Å²) in [7, 11) is 3.19. The number of allylic oxidation sites excluding steroid dienone is 4. The molecular formula is C22H22N4O2. The third kappa shape index (κ3) is 2.82. The maximum atomic E-state index is 10.1. The Morgan fingerprint density at radius 3 is 2.57 bits per heavy atom. The van der Waals surface area contributed by atoms with Crippen LogP contribution in [0.1, 0.15) is 36.3 Å². The van der Waals surface area contributed by atoms with E-state index in [1.54, 1.807) is 14.2 Å². The summed E-state index contributed by atoms with van der Waals surface area (Å²) in [6.45, 7) is 0.345. The highest BCUT2D eigenvalue weighted by molar-refractivity contribution is 5.59. The van der Waals surface area contributed by atoms with Gasteiger partial charge in [0.25, 0.3) is 0 Å². The van der Waals surface area contributed by atoms with Gasteiger partial charge in [0.1, 0.15) is 11.8 Å². The van der Waals surface area contributed by atoms with E-state index in [4.69, 9.17) is 15.2 Å². The largest absolute Gasteiger partial charge is 0.496 e. The number of nitrogens with two attached hydrogens (primary N) is 1. The lowest BCUT2D eigenvalue weighted by Crippen LogP contribution is -2.42. The van der Waals surface area contributed by atoms with Crippen molar-refractivity contribution in [2.75, 3.05) is 14.2 Å². The lowest BCUT2D eigenvalue weighted by molar-refractivity contribution is 0.181. The topological polar surface area (TPSA) is 116 Å². The first-order chi connectivity index (χ1) is 13.6. The maximum Gasteiger partial charge on any atom is 0.191 e. The first kappa shape index (κ1) is 19.5. The van der Waals surface area contributed by atoms with Crippen LogP contribution < -0.4 is 10.5 Å². The normalized spacial score (nSPS) is 22.9. The van der Waals surface area contributed by atoms with Crippen LogP contribution in [0.5, 0.6) is 5.75 Å². The quantitative estimate of drug-likeness (QED) is 0.863. The van der Waals surface area contributed by atoms with Crippen molar-refractivity contribution in [3.05, 3.63) is 52.2 Å². The maximum absolute atomic E-state index is 10.1. The monoisotopic (exact) mass is 374 g/mol. The third-order valence-corrected chi connectivity index (χ3v) is 5.76. The molecule has 6 heteroatoms. The number of rotatable bonds is 4. The molecule has 2 atom stereocenters. The van der Waals surface area contributed by atoms with E-state index in [-0.39, 0.29) is 17.2 Å². The number of methoxy groups -OCH3 is 2. The molecule has 0 saturated carbocycles. The second kappa shape index (κ2) is 7.77. The molecule has 0 aliphatic heterocycles. The van der Waals surface area contributed by atoms with E-state index in [9.17, 15) is 15.8 Å². The Morgan fingerprint density at radius 2 is 1.96 bits per heavy atom. The summed E-state index contributed by atoms with van der Waals surface area (Å²) in [4.78, 5) is 0. The van der Waals surface area contributed by atoms with Crippen LogP contribution >= 0.6 is 0 Å². The van der Waals surface area contributed by atoms with Crippen molar-refractivity contribution in [1.29, 1.82) is 15.8 Å². The number of fused-ring (bicyclic) bond motifs is 1. The van der Waals surface area contributed by atoms with Gasteiger partial charge in [-0.3, -0.25) is 0 Å². The SMILES string of the molecule is COCc1cc([C@@H]2[C@H]3CCCC=C3C(C#N)=C(N)C2(C#N)C#N)ccc1OC. The van der Waals surface area contributed by atoms with Crippen LogP contribution in [-0.2, 0) is 11.3 Å². The number of nitrogens with zero attached hydrogens (tertiary/aromatic N) is 3. The fourth-order valence-corrected chi connectivity index (χ4v) is 4.51. The zero-order chi connectivity index (χ0) is 20.3. The molecule has 0 fully saturated rings. The van der Waals surface area contributed by atoms with Gasteiger partial charge in [0, 0.05) is 18.6 Å². The smallest absolute Gasteiger partial charge is 0.191 e. The third-order valence-electron chi connectivity index (χ3n) is 5.76. The molecule has 2 N–H and O–H groups in total. The molecule has 1 aromatic carbocycles. The minimum atomic E-state index is -1.59. The summed E-state index contributed by atoms with van der Waals surface area (Å²) in [5.41, 5.74) is 7.57. The van der Waals surface area contributed by atoms with Crippen molar-refractivity contribution in [1.82, 2.24) is 0 Å². The summed E-state index contributed by atoms with van der Waals surface area (Å²) in [5, 5.41) is 29.8. The van der Waals surface area contributed by atoms with Gasteiger partial charge in [0.2, 0.25) is 0 Å². The Kier molecular flexibility index (Phi) is 5.41. The molecule has 28 heavy (non-hydrogen) atoms. The number of benzene rings is 1. The lowest BCUT2D eigenvalue weighted by atomic mass is 9.56. The van der Waals surface area contributed by atoms with Crippen LogP contribution in [0.2, 0.25) is 0 Å². The van der Waals surface area contributed by atoms with E-state index in [0.717, 1.165) is 36.0 Å². The lowest BCUT2D eigenvalue weighted by Gasteiger charge is -2.43. The molecular weight excluding hydrogens is 352 g/mol. The Labute approximate surface area is 165 Å².